The third-order valence-corrected chi connectivity index (χ3v) is 1.94. The van der Waals surface area contributed by atoms with Crippen molar-refractivity contribution < 1.29 is 24.0 Å². The zero-order valence-electron chi connectivity index (χ0n) is 7.32. The van der Waals surface area contributed by atoms with E-state index in [-0.39, 0.29) is 11.3 Å². The molecular weight excluding hydrogens is 178 g/mol. The molecule has 0 saturated heterocycles. The van der Waals surface area contributed by atoms with E-state index in [9.17, 15) is 9.18 Å². The van der Waals surface area contributed by atoms with Crippen molar-refractivity contribution in [1.82, 2.24) is 0 Å². The number of alkyl halides is 1. The first-order valence-corrected chi connectivity index (χ1v) is 3.87. The van der Waals surface area contributed by atoms with E-state index in [4.69, 9.17) is 14.8 Å². The first kappa shape index (κ1) is 10.0. The molecule has 0 aliphatic heterocycles. The lowest BCUT2D eigenvalue weighted by atomic mass is 9.81. The van der Waals surface area contributed by atoms with Gasteiger partial charge in [0.25, 0.3) is 0 Å². The number of aliphatic carboxylic acids is 1. The monoisotopic (exact) mass is 188 g/mol. The Bertz CT molecular complexity index is 263. The molecule has 0 aromatic carbocycles. The minimum absolute atomic E-state index is 0.0370. The lowest BCUT2D eigenvalue weighted by molar-refractivity contribution is -0.144. The average molecular weight is 188 g/mol. The van der Waals surface area contributed by atoms with Crippen LogP contribution in [0.5, 0.6) is 0 Å². The second-order valence-corrected chi connectivity index (χ2v) is 2.98. The smallest absolute Gasteiger partial charge is 0.519 e. The fraction of sp³-hybridized carbons (Fsp3) is 0.571. The van der Waals surface area contributed by atoms with Gasteiger partial charge in [-0.2, -0.15) is 0 Å². The molecule has 0 bridgehead atoms. The molecule has 2 atom stereocenters. The molecular formula is C7H10BFO4. The summed E-state index contributed by atoms with van der Waals surface area (Å²) in [6.45, 7) is 2.78. The van der Waals surface area contributed by atoms with Gasteiger partial charge in [-0.15, -0.1) is 0 Å². The Morgan fingerprint density at radius 2 is 2.23 bits per heavy atom. The van der Waals surface area contributed by atoms with Crippen LogP contribution in [0.15, 0.2) is 11.3 Å². The van der Waals surface area contributed by atoms with Crippen molar-refractivity contribution in [2.45, 2.75) is 19.9 Å². The van der Waals surface area contributed by atoms with Gasteiger partial charge >= 0.3 is 13.1 Å². The van der Waals surface area contributed by atoms with Gasteiger partial charge in [-0.3, -0.25) is 4.79 Å². The first-order valence-electron chi connectivity index (χ1n) is 3.87. The molecule has 0 radical (unpaired) electrons. The Morgan fingerprint density at radius 1 is 1.69 bits per heavy atom. The Balaban J connectivity index is 2.76. The number of halogens is 1. The highest BCUT2D eigenvalue weighted by Gasteiger charge is 2.45. The molecule has 4 nitrogen and oxygen atoms in total. The van der Waals surface area contributed by atoms with E-state index < -0.39 is 25.2 Å². The Hall–Kier alpha value is -1.04. The van der Waals surface area contributed by atoms with Crippen LogP contribution in [0.3, 0.4) is 0 Å². The fourth-order valence-electron chi connectivity index (χ4n) is 1.26. The van der Waals surface area contributed by atoms with Crippen LogP contribution in [0, 0.1) is 5.92 Å². The van der Waals surface area contributed by atoms with Crippen LogP contribution >= 0.6 is 0 Å². The summed E-state index contributed by atoms with van der Waals surface area (Å²) in [5.41, 5.74) is 0.244. The lowest BCUT2D eigenvalue weighted by Gasteiger charge is -2.32. The van der Waals surface area contributed by atoms with Crippen LogP contribution in [-0.2, 0) is 9.45 Å². The van der Waals surface area contributed by atoms with Gasteiger partial charge < -0.3 is 14.8 Å². The van der Waals surface area contributed by atoms with Crippen LogP contribution < -0.4 is 0 Å². The van der Waals surface area contributed by atoms with E-state index in [1.165, 1.54) is 13.7 Å². The second-order valence-electron chi connectivity index (χ2n) is 2.98. The number of carbonyl (C=O) groups is 1. The maximum Gasteiger partial charge on any atom is 0.519 e. The summed E-state index contributed by atoms with van der Waals surface area (Å²) in [5.74, 6) is -2.49. The minimum atomic E-state index is -1.49. The van der Waals surface area contributed by atoms with Gasteiger partial charge in [0, 0.05) is 0 Å². The molecule has 13 heavy (non-hydrogen) atoms. The van der Waals surface area contributed by atoms with E-state index >= 15 is 0 Å². The van der Waals surface area contributed by atoms with Crippen molar-refractivity contribution in [2.75, 3.05) is 0 Å². The summed E-state index contributed by atoms with van der Waals surface area (Å²) in [7, 11) is -1.11. The lowest BCUT2D eigenvalue weighted by Crippen LogP contribution is -2.40. The summed E-state index contributed by atoms with van der Waals surface area (Å²) in [6, 6.07) is 0. The standard InChI is InChI=1S/C7H10BFO4/c1-3-5(9)4(7(10)11)6(3)13-8(2)12/h4-5,12H,1-2H3,(H,10,11)/t4?,5-/m0/s1. The van der Waals surface area contributed by atoms with E-state index in [0.717, 1.165) is 0 Å². The van der Waals surface area contributed by atoms with E-state index in [0.29, 0.717) is 0 Å². The molecule has 0 heterocycles. The second kappa shape index (κ2) is 3.37. The van der Waals surface area contributed by atoms with Gasteiger partial charge in [0.1, 0.15) is 12.1 Å². The summed E-state index contributed by atoms with van der Waals surface area (Å²) in [4.78, 5) is 10.5. The third-order valence-electron chi connectivity index (χ3n) is 1.94. The maximum absolute atomic E-state index is 12.9. The van der Waals surface area contributed by atoms with Crippen LogP contribution in [0.4, 0.5) is 4.39 Å². The molecule has 1 aliphatic carbocycles. The van der Waals surface area contributed by atoms with Crippen LogP contribution in [0.25, 0.3) is 0 Å². The van der Waals surface area contributed by atoms with Crippen molar-refractivity contribution in [3.8, 4) is 0 Å². The van der Waals surface area contributed by atoms with Gasteiger partial charge in [0.05, 0.1) is 5.76 Å². The molecule has 2 N–H and O–H groups in total. The number of hydrogen-bond acceptors (Lipinski definition) is 3. The molecule has 0 aromatic heterocycles. The van der Waals surface area contributed by atoms with Crippen LogP contribution in [-0.4, -0.2) is 29.4 Å². The molecule has 0 fully saturated rings. The van der Waals surface area contributed by atoms with Crippen molar-refractivity contribution in [2.24, 2.45) is 5.92 Å². The number of rotatable bonds is 3. The summed E-state index contributed by atoms with van der Waals surface area (Å²) < 4.78 is 17.7. The molecule has 0 spiro atoms. The average Bonchev–Trinajstić information content (AvgIpc) is 2.01. The molecule has 1 rings (SSSR count). The molecule has 72 valence electrons. The van der Waals surface area contributed by atoms with Gasteiger partial charge in [0.2, 0.25) is 0 Å². The van der Waals surface area contributed by atoms with E-state index in [1.54, 1.807) is 0 Å². The highest BCUT2D eigenvalue weighted by Crippen LogP contribution is 2.38. The number of carboxylic acid groups (broad SMARTS) is 1. The predicted molar refractivity (Wildman–Crippen MR) is 43.6 cm³/mol. The summed E-state index contributed by atoms with van der Waals surface area (Å²) in [5, 5.41) is 17.4. The third kappa shape index (κ3) is 1.67. The fourth-order valence-corrected chi connectivity index (χ4v) is 1.26. The van der Waals surface area contributed by atoms with Gasteiger partial charge in [-0.1, -0.05) is 0 Å². The molecule has 6 heteroatoms. The Kier molecular flexibility index (Phi) is 2.61. The maximum atomic E-state index is 12.9. The van der Waals surface area contributed by atoms with Gasteiger partial charge in [-0.25, -0.2) is 4.39 Å². The van der Waals surface area contributed by atoms with E-state index in [2.05, 4.69) is 0 Å². The Morgan fingerprint density at radius 3 is 2.62 bits per heavy atom. The largest absolute Gasteiger partial charge is 0.539 e. The van der Waals surface area contributed by atoms with Crippen molar-refractivity contribution in [3.63, 3.8) is 0 Å². The first-order chi connectivity index (χ1) is 5.95. The van der Waals surface area contributed by atoms with Crippen LogP contribution in [0.1, 0.15) is 6.92 Å². The van der Waals surface area contributed by atoms with Crippen molar-refractivity contribution in [3.05, 3.63) is 11.3 Å². The predicted octanol–water partition coefficient (Wildman–Crippen LogP) is 0.440. The zero-order valence-corrected chi connectivity index (χ0v) is 7.32. The summed E-state index contributed by atoms with van der Waals surface area (Å²) >= 11 is 0. The molecule has 0 saturated carbocycles. The highest BCUT2D eigenvalue weighted by molar-refractivity contribution is 6.41. The Labute approximate surface area is 75.2 Å². The topological polar surface area (TPSA) is 66.8 Å². The molecule has 0 amide bonds. The normalized spacial score (nSPS) is 26.8. The summed E-state index contributed by atoms with van der Waals surface area (Å²) in [6.07, 6.45) is -1.49. The molecule has 1 aliphatic rings. The van der Waals surface area contributed by atoms with Gasteiger partial charge in [0.15, 0.2) is 0 Å². The van der Waals surface area contributed by atoms with Crippen molar-refractivity contribution in [1.29, 1.82) is 0 Å². The van der Waals surface area contributed by atoms with Crippen LogP contribution in [0.2, 0.25) is 6.82 Å². The number of hydrogen-bond donors (Lipinski definition) is 2. The SMILES string of the molecule is CB(O)OC1=C(C)[C@H](F)C1C(=O)O. The quantitative estimate of drug-likeness (QED) is 0.630. The number of carboxylic acids is 1. The minimum Gasteiger partial charge on any atom is -0.539 e. The van der Waals surface area contributed by atoms with Gasteiger partial charge in [-0.05, 0) is 19.3 Å². The zero-order chi connectivity index (χ0) is 10.2. The molecule has 0 aromatic rings. The highest BCUT2D eigenvalue weighted by atomic mass is 19.1. The van der Waals surface area contributed by atoms with Crippen molar-refractivity contribution >= 4 is 13.1 Å². The van der Waals surface area contributed by atoms with E-state index in [1.807, 2.05) is 0 Å². The number of allylic oxidation sites excluding steroid dienone is 1. The molecule has 1 unspecified atom stereocenters.